The van der Waals surface area contributed by atoms with Crippen LogP contribution in [0.15, 0.2) is 36.4 Å². The van der Waals surface area contributed by atoms with Gasteiger partial charge in [0.05, 0.1) is 6.42 Å². The molecule has 2 aliphatic rings. The molecule has 2 aromatic rings. The van der Waals surface area contributed by atoms with Crippen molar-refractivity contribution >= 4 is 17.3 Å². The lowest BCUT2D eigenvalue weighted by molar-refractivity contribution is -0.115. The number of likely N-dealkylation sites (N-methyl/N-ethyl adjacent to an activating group) is 1. The molecule has 1 amide bonds. The maximum Gasteiger partial charge on any atom is 0.228 e. The predicted octanol–water partition coefficient (Wildman–Crippen LogP) is 3.81. The minimum Gasteiger partial charge on any atom is -0.369 e. The molecular weight excluding hydrogens is 346 g/mol. The Morgan fingerprint density at radius 1 is 0.964 bits per heavy atom. The van der Waals surface area contributed by atoms with Crippen LogP contribution in [0.4, 0.5) is 11.4 Å². The van der Waals surface area contributed by atoms with Gasteiger partial charge in [-0.15, -0.1) is 0 Å². The SMILES string of the molecule is Cc1cc(N2CCN(C)CC2)ccc1NC(=O)Cc1ccc2c(c1)CCCC2. The van der Waals surface area contributed by atoms with E-state index >= 15 is 0 Å². The van der Waals surface area contributed by atoms with Crippen molar-refractivity contribution in [3.05, 3.63) is 58.7 Å². The van der Waals surface area contributed by atoms with E-state index in [9.17, 15) is 4.79 Å². The second-order valence-corrected chi connectivity index (χ2v) is 8.32. The van der Waals surface area contributed by atoms with Crippen LogP contribution in [0.1, 0.15) is 35.1 Å². The van der Waals surface area contributed by atoms with Gasteiger partial charge in [0.1, 0.15) is 0 Å². The molecule has 4 heteroatoms. The second-order valence-electron chi connectivity index (χ2n) is 8.32. The zero-order valence-corrected chi connectivity index (χ0v) is 17.1. The summed E-state index contributed by atoms with van der Waals surface area (Å²) >= 11 is 0. The summed E-state index contributed by atoms with van der Waals surface area (Å²) in [7, 11) is 2.17. The Morgan fingerprint density at radius 3 is 2.46 bits per heavy atom. The first-order valence-electron chi connectivity index (χ1n) is 10.5. The lowest BCUT2D eigenvalue weighted by Gasteiger charge is -2.34. The number of rotatable bonds is 4. The van der Waals surface area contributed by atoms with Gasteiger partial charge in [-0.3, -0.25) is 4.79 Å². The van der Waals surface area contributed by atoms with E-state index < -0.39 is 0 Å². The molecule has 1 heterocycles. The number of piperazine rings is 1. The third-order valence-corrected chi connectivity index (χ3v) is 6.13. The van der Waals surface area contributed by atoms with Crippen LogP contribution in [-0.4, -0.2) is 44.0 Å². The maximum absolute atomic E-state index is 12.6. The molecule has 28 heavy (non-hydrogen) atoms. The number of aryl methyl sites for hydroxylation is 3. The van der Waals surface area contributed by atoms with Gasteiger partial charge < -0.3 is 15.1 Å². The van der Waals surface area contributed by atoms with E-state index in [1.807, 2.05) is 6.07 Å². The number of carbonyl (C=O) groups is 1. The zero-order valence-electron chi connectivity index (χ0n) is 17.1. The molecular formula is C24H31N3O. The minimum atomic E-state index is 0.0613. The molecule has 0 atom stereocenters. The first kappa shape index (κ1) is 19.0. The van der Waals surface area contributed by atoms with E-state index in [0.29, 0.717) is 6.42 Å². The lowest BCUT2D eigenvalue weighted by atomic mass is 9.90. The summed E-state index contributed by atoms with van der Waals surface area (Å²) in [5.74, 6) is 0.0613. The van der Waals surface area contributed by atoms with Crippen molar-refractivity contribution in [3.63, 3.8) is 0 Å². The summed E-state index contributed by atoms with van der Waals surface area (Å²) in [6, 6.07) is 12.9. The summed E-state index contributed by atoms with van der Waals surface area (Å²) in [4.78, 5) is 17.4. The van der Waals surface area contributed by atoms with Gasteiger partial charge in [0, 0.05) is 37.6 Å². The zero-order chi connectivity index (χ0) is 19.5. The Bertz CT molecular complexity index is 853. The van der Waals surface area contributed by atoms with E-state index in [1.54, 1.807) is 0 Å². The number of hydrogen-bond acceptors (Lipinski definition) is 3. The molecule has 1 N–H and O–H groups in total. The highest BCUT2D eigenvalue weighted by molar-refractivity contribution is 5.93. The standard InChI is InChI=1S/C24H31N3O/c1-18-15-22(27-13-11-26(2)12-14-27)9-10-23(18)25-24(28)17-19-7-8-20-5-3-4-6-21(20)16-19/h7-10,15-16H,3-6,11-14,17H2,1-2H3,(H,25,28). The summed E-state index contributed by atoms with van der Waals surface area (Å²) in [6.45, 7) is 6.38. The molecule has 1 aliphatic heterocycles. The van der Waals surface area contributed by atoms with Crippen LogP contribution in [-0.2, 0) is 24.1 Å². The van der Waals surface area contributed by atoms with Gasteiger partial charge >= 0.3 is 0 Å². The molecule has 0 spiro atoms. The largest absolute Gasteiger partial charge is 0.369 e. The molecule has 0 aromatic heterocycles. The van der Waals surface area contributed by atoms with Crippen molar-refractivity contribution in [1.29, 1.82) is 0 Å². The highest BCUT2D eigenvalue weighted by atomic mass is 16.1. The fourth-order valence-electron chi connectivity index (χ4n) is 4.33. The van der Waals surface area contributed by atoms with E-state index in [1.165, 1.54) is 36.1 Å². The van der Waals surface area contributed by atoms with Crippen molar-refractivity contribution in [2.75, 3.05) is 43.4 Å². The lowest BCUT2D eigenvalue weighted by Crippen LogP contribution is -2.44. The number of anilines is 2. The van der Waals surface area contributed by atoms with E-state index in [4.69, 9.17) is 0 Å². The highest BCUT2D eigenvalue weighted by Gasteiger charge is 2.16. The van der Waals surface area contributed by atoms with Crippen LogP contribution in [0.5, 0.6) is 0 Å². The van der Waals surface area contributed by atoms with Crippen LogP contribution < -0.4 is 10.2 Å². The third kappa shape index (κ3) is 4.39. The van der Waals surface area contributed by atoms with Crippen molar-refractivity contribution < 1.29 is 4.79 Å². The molecule has 2 aromatic carbocycles. The number of carbonyl (C=O) groups excluding carboxylic acids is 1. The van der Waals surface area contributed by atoms with Gasteiger partial charge in [-0.05, 0) is 80.1 Å². The highest BCUT2D eigenvalue weighted by Crippen LogP contribution is 2.25. The molecule has 1 aliphatic carbocycles. The van der Waals surface area contributed by atoms with Gasteiger partial charge in [-0.1, -0.05) is 18.2 Å². The van der Waals surface area contributed by atoms with Crippen LogP contribution in [0.3, 0.4) is 0 Å². The number of hydrogen-bond donors (Lipinski definition) is 1. The number of benzene rings is 2. The Kier molecular flexibility index (Phi) is 5.67. The molecule has 1 fully saturated rings. The predicted molar refractivity (Wildman–Crippen MR) is 116 cm³/mol. The summed E-state index contributed by atoms with van der Waals surface area (Å²) in [6.07, 6.45) is 5.32. The second kappa shape index (κ2) is 8.36. The smallest absolute Gasteiger partial charge is 0.228 e. The molecule has 1 saturated heterocycles. The molecule has 0 bridgehead atoms. The molecule has 4 rings (SSSR count). The van der Waals surface area contributed by atoms with Crippen LogP contribution >= 0.6 is 0 Å². The fraction of sp³-hybridized carbons (Fsp3) is 0.458. The van der Waals surface area contributed by atoms with Gasteiger partial charge in [-0.25, -0.2) is 0 Å². The quantitative estimate of drug-likeness (QED) is 0.880. The van der Waals surface area contributed by atoms with E-state index in [0.717, 1.165) is 49.4 Å². The average Bonchev–Trinajstić information content (AvgIpc) is 2.70. The van der Waals surface area contributed by atoms with Crippen molar-refractivity contribution in [3.8, 4) is 0 Å². The van der Waals surface area contributed by atoms with E-state index in [2.05, 4.69) is 59.4 Å². The molecule has 4 nitrogen and oxygen atoms in total. The summed E-state index contributed by atoms with van der Waals surface area (Å²) < 4.78 is 0. The number of amides is 1. The Hall–Kier alpha value is -2.33. The van der Waals surface area contributed by atoms with Crippen LogP contribution in [0.25, 0.3) is 0 Å². The molecule has 0 radical (unpaired) electrons. The summed E-state index contributed by atoms with van der Waals surface area (Å²) in [5, 5.41) is 3.11. The van der Waals surface area contributed by atoms with Gasteiger partial charge in [0.2, 0.25) is 5.91 Å². The molecule has 0 saturated carbocycles. The van der Waals surface area contributed by atoms with Crippen LogP contribution in [0.2, 0.25) is 0 Å². The monoisotopic (exact) mass is 377 g/mol. The molecule has 148 valence electrons. The summed E-state index contributed by atoms with van der Waals surface area (Å²) in [5.41, 5.74) is 7.30. The topological polar surface area (TPSA) is 35.6 Å². The van der Waals surface area contributed by atoms with Crippen LogP contribution in [0, 0.1) is 6.92 Å². The van der Waals surface area contributed by atoms with Crippen molar-refractivity contribution in [2.24, 2.45) is 0 Å². The Balaban J connectivity index is 1.39. The van der Waals surface area contributed by atoms with Gasteiger partial charge in [0.25, 0.3) is 0 Å². The van der Waals surface area contributed by atoms with Crippen molar-refractivity contribution in [2.45, 2.75) is 39.0 Å². The van der Waals surface area contributed by atoms with Gasteiger partial charge in [-0.2, -0.15) is 0 Å². The Morgan fingerprint density at radius 2 is 1.71 bits per heavy atom. The number of fused-ring (bicyclic) bond motifs is 1. The fourth-order valence-corrected chi connectivity index (χ4v) is 4.33. The minimum absolute atomic E-state index is 0.0613. The maximum atomic E-state index is 12.6. The first-order valence-corrected chi connectivity index (χ1v) is 10.5. The first-order chi connectivity index (χ1) is 13.6. The number of nitrogens with zero attached hydrogens (tertiary/aromatic N) is 2. The van der Waals surface area contributed by atoms with Crippen molar-refractivity contribution in [1.82, 2.24) is 4.90 Å². The molecule has 0 unspecified atom stereocenters. The normalized spacial score (nSPS) is 17.3. The Labute approximate surface area is 168 Å². The van der Waals surface area contributed by atoms with E-state index in [-0.39, 0.29) is 5.91 Å². The average molecular weight is 378 g/mol. The van der Waals surface area contributed by atoms with Gasteiger partial charge in [0.15, 0.2) is 0 Å². The number of nitrogens with one attached hydrogen (secondary N) is 1. The third-order valence-electron chi connectivity index (χ3n) is 6.13.